The maximum absolute atomic E-state index is 14.3. The normalized spacial score (nSPS) is 37.0. The van der Waals surface area contributed by atoms with Crippen LogP contribution in [0.15, 0.2) is 57.3 Å². The lowest BCUT2D eigenvalue weighted by molar-refractivity contribution is -0.301. The summed E-state index contributed by atoms with van der Waals surface area (Å²) in [5.74, 6) is -3.45. The van der Waals surface area contributed by atoms with Crippen molar-refractivity contribution in [2.45, 2.75) is 148 Å². The van der Waals surface area contributed by atoms with E-state index in [4.69, 9.17) is 37.9 Å². The maximum Gasteiger partial charge on any atom is 0.312 e. The van der Waals surface area contributed by atoms with Crippen molar-refractivity contribution in [1.29, 1.82) is 0 Å². The molecule has 0 aliphatic carbocycles. The standard InChI is InChI=1S/C45H69N3O12/c1-14-35-45(9,53)40(51)27(4)37(47-46-30(7)34-16-15-21-56-34)25(2)24-44(8,55-13)41(60-43-38(50)33(48(10)11)22-26(3)57-43)28(5)39(29(6)42(52)58-35)59-36(49)23-31-17-19-32(54-12)20-18-31/h15-21,25-29,33,35,38-41,43,50-51,53H,14,22-24H2,1-13H3/b46-30+,47-37+/t25-,26?,27+,28+,29-,33?,35-,38?,39+,40-,41-,43?,44-,45-/m1/s1. The SMILES string of the molecule is CC[C@H]1OC(=O)[C@H](C)[C@@H](OC(=O)Cc2ccc(OC)cc2)[C@H](C)[C@@H](OC2OC(C)CC(N(C)C)C2O)[C@](C)(OC)C[C@@H](C)/C(=N\N=C(/C)c2ccco2)[C@H](C)[C@@H](O)[C@]1(C)O. The lowest BCUT2D eigenvalue weighted by atomic mass is 9.73. The first kappa shape index (κ1) is 49.0. The molecule has 15 heteroatoms. The quantitative estimate of drug-likeness (QED) is 0.152. The molecule has 14 atom stereocenters. The number of aliphatic hydroxyl groups excluding tert-OH is 2. The number of rotatable bonds is 11. The van der Waals surface area contributed by atoms with E-state index in [1.54, 1.807) is 71.2 Å². The number of esters is 2. The third-order valence-corrected chi connectivity index (χ3v) is 12.5. The van der Waals surface area contributed by atoms with E-state index < -0.39 is 83.6 Å². The minimum atomic E-state index is -1.95. The molecule has 2 saturated heterocycles. The number of hydrogen-bond donors (Lipinski definition) is 3. The first-order valence-corrected chi connectivity index (χ1v) is 21.0. The summed E-state index contributed by atoms with van der Waals surface area (Å²) in [5, 5.41) is 45.0. The number of carbonyl (C=O) groups is 2. The van der Waals surface area contributed by atoms with E-state index in [9.17, 15) is 24.9 Å². The summed E-state index contributed by atoms with van der Waals surface area (Å²) >= 11 is 0. The third-order valence-electron chi connectivity index (χ3n) is 12.5. The molecule has 4 rings (SSSR count). The van der Waals surface area contributed by atoms with E-state index in [0.717, 1.165) is 0 Å². The Balaban J connectivity index is 1.90. The van der Waals surface area contributed by atoms with Crippen LogP contribution in [0.1, 0.15) is 92.9 Å². The molecule has 0 saturated carbocycles. The fourth-order valence-corrected chi connectivity index (χ4v) is 8.75. The van der Waals surface area contributed by atoms with E-state index >= 15 is 0 Å². The number of carbonyl (C=O) groups excluding carboxylic acids is 2. The van der Waals surface area contributed by atoms with Crippen molar-refractivity contribution in [1.82, 2.24) is 4.90 Å². The van der Waals surface area contributed by atoms with Crippen molar-refractivity contribution in [3.63, 3.8) is 0 Å². The second-order valence-corrected chi connectivity index (χ2v) is 17.4. The number of furan rings is 1. The lowest BCUT2D eigenvalue weighted by Crippen LogP contribution is -2.60. The molecule has 0 amide bonds. The van der Waals surface area contributed by atoms with Crippen LogP contribution in [0.25, 0.3) is 0 Å². The predicted molar refractivity (Wildman–Crippen MR) is 226 cm³/mol. The number of hydrogen-bond acceptors (Lipinski definition) is 15. The molecule has 0 bridgehead atoms. The van der Waals surface area contributed by atoms with Gasteiger partial charge in [-0.25, -0.2) is 0 Å². The van der Waals surface area contributed by atoms with Gasteiger partial charge in [0.05, 0.1) is 49.6 Å². The Labute approximate surface area is 355 Å². The first-order chi connectivity index (χ1) is 28.2. The van der Waals surface area contributed by atoms with Crippen LogP contribution in [-0.4, -0.2) is 132 Å². The summed E-state index contributed by atoms with van der Waals surface area (Å²) in [6.07, 6.45) is -5.00. The van der Waals surface area contributed by atoms with Gasteiger partial charge in [0.2, 0.25) is 0 Å². The monoisotopic (exact) mass is 843 g/mol. The maximum atomic E-state index is 14.3. The number of aliphatic hydroxyl groups is 3. The van der Waals surface area contributed by atoms with Crippen LogP contribution in [0.3, 0.4) is 0 Å². The first-order valence-electron chi connectivity index (χ1n) is 21.0. The summed E-state index contributed by atoms with van der Waals surface area (Å²) in [6, 6.07) is 10.2. The highest BCUT2D eigenvalue weighted by molar-refractivity contribution is 5.97. The zero-order valence-electron chi connectivity index (χ0n) is 37.7. The molecule has 2 aliphatic rings. The molecule has 3 N–H and O–H groups in total. The average Bonchev–Trinajstić information content (AvgIpc) is 3.76. The molecule has 2 fully saturated rings. The van der Waals surface area contributed by atoms with Crippen molar-refractivity contribution in [3.8, 4) is 5.75 Å². The Morgan fingerprint density at radius 2 is 1.68 bits per heavy atom. The molecule has 336 valence electrons. The molecule has 1 aromatic carbocycles. The number of methoxy groups -OCH3 is 2. The number of benzene rings is 1. The number of likely N-dealkylation sites (N-methyl/N-ethyl adjacent to an activating group) is 1. The molecule has 0 spiro atoms. The third kappa shape index (κ3) is 11.4. The van der Waals surface area contributed by atoms with E-state index in [2.05, 4.69) is 5.10 Å². The van der Waals surface area contributed by atoms with Crippen LogP contribution in [0.2, 0.25) is 0 Å². The minimum absolute atomic E-state index is 0.111. The van der Waals surface area contributed by atoms with Crippen LogP contribution in [0.4, 0.5) is 0 Å². The predicted octanol–water partition coefficient (Wildman–Crippen LogP) is 5.21. The number of nitrogens with zero attached hydrogens (tertiary/aromatic N) is 3. The second-order valence-electron chi connectivity index (χ2n) is 17.4. The van der Waals surface area contributed by atoms with Gasteiger partial charge in [-0.3, -0.25) is 9.59 Å². The van der Waals surface area contributed by atoms with Crippen molar-refractivity contribution in [2.75, 3.05) is 28.3 Å². The Bertz CT molecular complexity index is 1750. The molecule has 3 heterocycles. The van der Waals surface area contributed by atoms with Crippen molar-refractivity contribution in [3.05, 3.63) is 54.0 Å². The fraction of sp³-hybridized carbons (Fsp3) is 0.689. The molecule has 2 aromatic rings. The number of cyclic esters (lactones) is 1. The molecule has 1 aromatic heterocycles. The summed E-state index contributed by atoms with van der Waals surface area (Å²) in [5.41, 5.74) is -1.64. The average molecular weight is 844 g/mol. The van der Waals surface area contributed by atoms with Crippen LogP contribution < -0.4 is 4.74 Å². The van der Waals surface area contributed by atoms with Gasteiger partial charge in [-0.1, -0.05) is 39.8 Å². The van der Waals surface area contributed by atoms with E-state index in [1.807, 2.05) is 46.7 Å². The minimum Gasteiger partial charge on any atom is -0.497 e. The summed E-state index contributed by atoms with van der Waals surface area (Å²) in [4.78, 5) is 30.2. The Morgan fingerprint density at radius 1 is 1.02 bits per heavy atom. The zero-order valence-corrected chi connectivity index (χ0v) is 37.7. The second kappa shape index (κ2) is 20.9. The van der Waals surface area contributed by atoms with Crippen LogP contribution >= 0.6 is 0 Å². The van der Waals surface area contributed by atoms with Gasteiger partial charge in [0.1, 0.15) is 41.1 Å². The van der Waals surface area contributed by atoms with Crippen LogP contribution in [-0.2, 0) is 39.7 Å². The summed E-state index contributed by atoms with van der Waals surface area (Å²) in [6.45, 7) is 15.7. The molecule has 0 radical (unpaired) electrons. The molecule has 2 aliphatic heterocycles. The van der Waals surface area contributed by atoms with E-state index in [0.29, 0.717) is 34.9 Å². The Morgan fingerprint density at radius 3 is 2.25 bits per heavy atom. The van der Waals surface area contributed by atoms with Gasteiger partial charge >= 0.3 is 11.9 Å². The highest BCUT2D eigenvalue weighted by Gasteiger charge is 2.52. The Hall–Kier alpha value is -3.70. The zero-order chi connectivity index (χ0) is 44.7. The van der Waals surface area contributed by atoms with E-state index in [1.165, 1.54) is 20.3 Å². The summed E-state index contributed by atoms with van der Waals surface area (Å²) in [7, 11) is 6.86. The fourth-order valence-electron chi connectivity index (χ4n) is 8.75. The van der Waals surface area contributed by atoms with Gasteiger partial charge in [0.25, 0.3) is 0 Å². The van der Waals surface area contributed by atoms with Crippen LogP contribution in [0.5, 0.6) is 5.75 Å². The highest BCUT2D eigenvalue weighted by atomic mass is 16.7. The molecule has 15 nitrogen and oxygen atoms in total. The topological polar surface area (TPSA) is 191 Å². The highest BCUT2D eigenvalue weighted by Crippen LogP contribution is 2.40. The molecular formula is C45H69N3O12. The lowest BCUT2D eigenvalue weighted by Gasteiger charge is -2.48. The smallest absolute Gasteiger partial charge is 0.312 e. The summed E-state index contributed by atoms with van der Waals surface area (Å²) < 4.78 is 42.8. The van der Waals surface area contributed by atoms with Gasteiger partial charge in [-0.15, -0.1) is 0 Å². The van der Waals surface area contributed by atoms with E-state index in [-0.39, 0.29) is 31.4 Å². The van der Waals surface area contributed by atoms with Crippen molar-refractivity contribution < 1.29 is 57.7 Å². The molecule has 60 heavy (non-hydrogen) atoms. The van der Waals surface area contributed by atoms with Gasteiger partial charge < -0.3 is 53.1 Å². The molecule has 4 unspecified atom stereocenters. The van der Waals surface area contributed by atoms with Gasteiger partial charge in [0, 0.05) is 30.7 Å². The van der Waals surface area contributed by atoms with Crippen LogP contribution in [0, 0.1) is 23.7 Å². The number of ether oxygens (including phenoxy) is 6. The molecular weight excluding hydrogens is 775 g/mol. The van der Waals surface area contributed by atoms with Crippen molar-refractivity contribution >= 4 is 23.4 Å². The largest absolute Gasteiger partial charge is 0.497 e. The van der Waals surface area contributed by atoms with Gasteiger partial charge in [-0.2, -0.15) is 10.2 Å². The van der Waals surface area contributed by atoms with Gasteiger partial charge in [-0.05, 0) is 104 Å². The van der Waals surface area contributed by atoms with Gasteiger partial charge in [0.15, 0.2) is 6.29 Å². The Kier molecular flexibility index (Phi) is 17.1. The van der Waals surface area contributed by atoms with Crippen molar-refractivity contribution in [2.24, 2.45) is 33.9 Å².